The van der Waals surface area contributed by atoms with Crippen LogP contribution in [0.15, 0.2) is 28.9 Å². The molecule has 0 spiro atoms. The summed E-state index contributed by atoms with van der Waals surface area (Å²) in [5.74, 6) is -1.08. The van der Waals surface area contributed by atoms with Crippen LogP contribution in [-0.4, -0.2) is 17.9 Å². The molecule has 7 heteroatoms. The minimum Gasteiger partial charge on any atom is -0.376 e. The van der Waals surface area contributed by atoms with E-state index in [0.717, 1.165) is 30.6 Å². The maximum atomic E-state index is 12.7. The minimum absolute atomic E-state index is 0.100. The standard InChI is InChI=1S/C16H15Cl3N2O2/c17-10-7-4-8-11(12(10)18)21-15(22)13(19)14(16(21)23)20-9-5-2-1-3-6-9/h4,7-9,20H,1-3,5-6H2. The molecule has 1 heterocycles. The number of hydrogen-bond donors (Lipinski definition) is 1. The van der Waals surface area contributed by atoms with Gasteiger partial charge >= 0.3 is 0 Å². The van der Waals surface area contributed by atoms with Crippen LogP contribution in [0.1, 0.15) is 32.1 Å². The van der Waals surface area contributed by atoms with E-state index in [4.69, 9.17) is 34.8 Å². The van der Waals surface area contributed by atoms with Crippen molar-refractivity contribution in [3.8, 4) is 0 Å². The minimum atomic E-state index is -0.584. The van der Waals surface area contributed by atoms with E-state index < -0.39 is 11.8 Å². The first-order valence-electron chi connectivity index (χ1n) is 7.50. The van der Waals surface area contributed by atoms with Crippen LogP contribution < -0.4 is 10.2 Å². The van der Waals surface area contributed by atoms with Gasteiger partial charge in [0.05, 0.1) is 15.7 Å². The first kappa shape index (κ1) is 16.6. The zero-order chi connectivity index (χ0) is 16.6. The van der Waals surface area contributed by atoms with Crippen LogP contribution in [0.2, 0.25) is 10.0 Å². The van der Waals surface area contributed by atoms with Gasteiger partial charge < -0.3 is 5.32 Å². The Labute approximate surface area is 149 Å². The van der Waals surface area contributed by atoms with Crippen LogP contribution in [0.3, 0.4) is 0 Å². The molecule has 2 aliphatic rings. The highest BCUT2D eigenvalue weighted by molar-refractivity contribution is 6.54. The average molecular weight is 374 g/mol. The second-order valence-electron chi connectivity index (χ2n) is 5.69. The molecule has 1 aromatic carbocycles. The normalized spacial score (nSPS) is 19.7. The number of carbonyl (C=O) groups excluding carboxylic acids is 2. The Morgan fingerprint density at radius 3 is 2.39 bits per heavy atom. The number of hydrogen-bond acceptors (Lipinski definition) is 3. The van der Waals surface area contributed by atoms with E-state index in [1.165, 1.54) is 6.42 Å². The smallest absolute Gasteiger partial charge is 0.283 e. The fraction of sp³-hybridized carbons (Fsp3) is 0.375. The number of imide groups is 1. The Morgan fingerprint density at radius 2 is 1.70 bits per heavy atom. The van der Waals surface area contributed by atoms with Crippen LogP contribution >= 0.6 is 34.8 Å². The molecule has 0 aromatic heterocycles. The quantitative estimate of drug-likeness (QED) is 0.806. The predicted molar refractivity (Wildman–Crippen MR) is 91.8 cm³/mol. The highest BCUT2D eigenvalue weighted by Gasteiger charge is 2.40. The fourth-order valence-corrected chi connectivity index (χ4v) is 3.56. The third-order valence-electron chi connectivity index (χ3n) is 4.15. The molecule has 0 atom stereocenters. The summed E-state index contributed by atoms with van der Waals surface area (Å²) in [5.41, 5.74) is 0.396. The van der Waals surface area contributed by atoms with Crippen molar-refractivity contribution in [2.45, 2.75) is 38.1 Å². The number of amides is 2. The predicted octanol–water partition coefficient (Wildman–Crippen LogP) is 4.24. The Kier molecular flexibility index (Phi) is 4.85. The number of nitrogens with zero attached hydrogens (tertiary/aromatic N) is 1. The van der Waals surface area contributed by atoms with E-state index in [-0.39, 0.29) is 32.5 Å². The lowest BCUT2D eigenvalue weighted by molar-refractivity contribution is -0.120. The van der Waals surface area contributed by atoms with Crippen molar-refractivity contribution in [2.24, 2.45) is 0 Å². The Hall–Kier alpha value is -1.23. The van der Waals surface area contributed by atoms with Crippen molar-refractivity contribution < 1.29 is 9.59 Å². The molecule has 0 saturated heterocycles. The van der Waals surface area contributed by atoms with Gasteiger partial charge in [-0.1, -0.05) is 60.1 Å². The monoisotopic (exact) mass is 372 g/mol. The van der Waals surface area contributed by atoms with Gasteiger partial charge in [-0.3, -0.25) is 9.59 Å². The van der Waals surface area contributed by atoms with Gasteiger partial charge in [0.15, 0.2) is 0 Å². The fourth-order valence-electron chi connectivity index (χ4n) is 2.96. The van der Waals surface area contributed by atoms with E-state index >= 15 is 0 Å². The Balaban J connectivity index is 1.88. The summed E-state index contributed by atoms with van der Waals surface area (Å²) in [4.78, 5) is 26.0. The molecule has 1 fully saturated rings. The van der Waals surface area contributed by atoms with E-state index in [1.54, 1.807) is 18.2 Å². The summed E-state index contributed by atoms with van der Waals surface area (Å²) in [6.45, 7) is 0. The third kappa shape index (κ3) is 3.08. The van der Waals surface area contributed by atoms with Crippen molar-refractivity contribution in [3.63, 3.8) is 0 Å². The van der Waals surface area contributed by atoms with Crippen molar-refractivity contribution in [1.82, 2.24) is 5.32 Å². The molecule has 122 valence electrons. The maximum Gasteiger partial charge on any atom is 0.283 e. The molecule has 0 bridgehead atoms. The van der Waals surface area contributed by atoms with Gasteiger partial charge in [0, 0.05) is 6.04 Å². The van der Waals surface area contributed by atoms with Crippen molar-refractivity contribution >= 4 is 52.3 Å². The zero-order valence-electron chi connectivity index (χ0n) is 12.2. The lowest BCUT2D eigenvalue weighted by atomic mass is 9.95. The van der Waals surface area contributed by atoms with Crippen LogP contribution in [0.25, 0.3) is 0 Å². The van der Waals surface area contributed by atoms with E-state index in [1.807, 2.05) is 0 Å². The first-order chi connectivity index (χ1) is 11.0. The van der Waals surface area contributed by atoms with Crippen LogP contribution in [0, 0.1) is 0 Å². The van der Waals surface area contributed by atoms with Gasteiger partial charge in [-0.25, -0.2) is 4.90 Å². The van der Waals surface area contributed by atoms with Crippen molar-refractivity contribution in [3.05, 3.63) is 39.0 Å². The van der Waals surface area contributed by atoms with Crippen LogP contribution in [0.5, 0.6) is 0 Å². The highest BCUT2D eigenvalue weighted by Crippen LogP contribution is 2.37. The molecule has 0 unspecified atom stereocenters. The summed E-state index contributed by atoms with van der Waals surface area (Å²) in [6.07, 6.45) is 5.34. The summed E-state index contributed by atoms with van der Waals surface area (Å²) in [7, 11) is 0. The summed E-state index contributed by atoms with van der Waals surface area (Å²) >= 11 is 18.2. The molecule has 23 heavy (non-hydrogen) atoms. The van der Waals surface area contributed by atoms with Gasteiger partial charge in [-0.15, -0.1) is 0 Å². The molecule has 1 saturated carbocycles. The van der Waals surface area contributed by atoms with E-state index in [2.05, 4.69) is 5.32 Å². The van der Waals surface area contributed by atoms with E-state index in [9.17, 15) is 9.59 Å². The number of anilines is 1. The van der Waals surface area contributed by atoms with Crippen molar-refractivity contribution in [2.75, 3.05) is 4.90 Å². The molecule has 0 radical (unpaired) electrons. The van der Waals surface area contributed by atoms with Gasteiger partial charge in [0.1, 0.15) is 10.7 Å². The number of carbonyl (C=O) groups is 2. The highest BCUT2D eigenvalue weighted by atomic mass is 35.5. The van der Waals surface area contributed by atoms with Crippen molar-refractivity contribution in [1.29, 1.82) is 0 Å². The van der Waals surface area contributed by atoms with Gasteiger partial charge in [0.25, 0.3) is 11.8 Å². The summed E-state index contributed by atoms with van der Waals surface area (Å²) in [5, 5.41) is 3.47. The third-order valence-corrected chi connectivity index (χ3v) is 5.31. The second-order valence-corrected chi connectivity index (χ2v) is 6.85. The second kappa shape index (κ2) is 6.71. The SMILES string of the molecule is O=C1C(Cl)=C(NC2CCCCC2)C(=O)N1c1cccc(Cl)c1Cl. The molecule has 3 rings (SSSR count). The molecule has 1 aromatic rings. The molecular formula is C16H15Cl3N2O2. The topological polar surface area (TPSA) is 49.4 Å². The van der Waals surface area contributed by atoms with Gasteiger partial charge in [-0.05, 0) is 25.0 Å². The van der Waals surface area contributed by atoms with Gasteiger partial charge in [0.2, 0.25) is 0 Å². The summed E-state index contributed by atoms with van der Waals surface area (Å²) < 4.78 is 0. The molecule has 4 nitrogen and oxygen atoms in total. The molecule has 1 N–H and O–H groups in total. The summed E-state index contributed by atoms with van der Waals surface area (Å²) in [6, 6.07) is 4.95. The lowest BCUT2D eigenvalue weighted by Crippen LogP contribution is -2.37. The maximum absolute atomic E-state index is 12.7. The zero-order valence-corrected chi connectivity index (χ0v) is 14.5. The lowest BCUT2D eigenvalue weighted by Gasteiger charge is -2.24. The van der Waals surface area contributed by atoms with Crippen LogP contribution in [-0.2, 0) is 9.59 Å². The largest absolute Gasteiger partial charge is 0.376 e. The molecule has 1 aliphatic carbocycles. The number of rotatable bonds is 3. The molecule has 2 amide bonds. The van der Waals surface area contributed by atoms with Gasteiger partial charge in [-0.2, -0.15) is 0 Å². The number of benzene rings is 1. The Bertz CT molecular complexity index is 697. The molecular weight excluding hydrogens is 359 g/mol. The van der Waals surface area contributed by atoms with E-state index in [0.29, 0.717) is 0 Å². The number of halogens is 3. The first-order valence-corrected chi connectivity index (χ1v) is 8.63. The number of nitrogens with one attached hydrogen (secondary N) is 1. The average Bonchev–Trinajstić information content (AvgIpc) is 2.75. The Morgan fingerprint density at radius 1 is 1.00 bits per heavy atom. The van der Waals surface area contributed by atoms with Crippen LogP contribution in [0.4, 0.5) is 5.69 Å². The molecule has 1 aliphatic heterocycles.